The third kappa shape index (κ3) is 3.72. The number of aliphatic hydroxyl groups excluding tert-OH is 3. The zero-order chi connectivity index (χ0) is 21.9. The largest absolute Gasteiger partial charge is 0.394 e. The van der Waals surface area contributed by atoms with E-state index in [1.807, 2.05) is 0 Å². The minimum absolute atomic E-state index is 0.103. The average Bonchev–Trinajstić information content (AvgIpc) is 2.54. The molecular formula is C16H23NO10. The molecule has 0 aliphatic rings. The zero-order valence-electron chi connectivity index (χ0n) is 15.5. The molecule has 0 bridgehead atoms. The van der Waals surface area contributed by atoms with Crippen LogP contribution >= 0.6 is 0 Å². The number of hydrogen-bond acceptors (Lipinski definition) is 10. The van der Waals surface area contributed by atoms with E-state index < -0.39 is 64.9 Å². The van der Waals surface area contributed by atoms with E-state index >= 15 is 0 Å². The van der Waals surface area contributed by atoms with Crippen molar-refractivity contribution in [3.05, 3.63) is 0 Å². The first-order valence-electron chi connectivity index (χ1n) is 7.73. The van der Waals surface area contributed by atoms with Gasteiger partial charge in [-0.1, -0.05) is 0 Å². The van der Waals surface area contributed by atoms with Gasteiger partial charge in [0.25, 0.3) is 0 Å². The average molecular weight is 389 g/mol. The van der Waals surface area contributed by atoms with Crippen LogP contribution in [0.2, 0.25) is 0 Å². The summed E-state index contributed by atoms with van der Waals surface area (Å²) in [6.45, 7) is 2.11. The highest BCUT2D eigenvalue weighted by molar-refractivity contribution is 6.47. The number of rotatable bonds is 9. The van der Waals surface area contributed by atoms with Crippen LogP contribution in [0.25, 0.3) is 0 Å². The van der Waals surface area contributed by atoms with Gasteiger partial charge in [0.15, 0.2) is 23.0 Å². The number of nitrogens with zero attached hydrogens (tertiary/aromatic N) is 1. The zero-order valence-corrected chi connectivity index (χ0v) is 15.5. The summed E-state index contributed by atoms with van der Waals surface area (Å²) < 4.78 is 0. The van der Waals surface area contributed by atoms with Crippen molar-refractivity contribution in [2.75, 3.05) is 6.61 Å². The van der Waals surface area contributed by atoms with Crippen LogP contribution in [0.3, 0.4) is 0 Å². The predicted molar refractivity (Wildman–Crippen MR) is 87.0 cm³/mol. The Morgan fingerprint density at radius 3 is 1.48 bits per heavy atom. The number of carbonyl (C=O) groups excluding carboxylic acids is 6. The van der Waals surface area contributed by atoms with Crippen molar-refractivity contribution >= 4 is 34.9 Å². The van der Waals surface area contributed by atoms with Crippen LogP contribution in [0, 0.1) is 0 Å². The van der Waals surface area contributed by atoms with Gasteiger partial charge in [0.05, 0.1) is 6.61 Å². The summed E-state index contributed by atoms with van der Waals surface area (Å²) in [4.78, 5) is 73.4. The minimum atomic E-state index is -3.62. The van der Waals surface area contributed by atoms with Gasteiger partial charge in [-0.25, -0.2) is 0 Å². The van der Waals surface area contributed by atoms with E-state index in [0.717, 1.165) is 13.8 Å². The van der Waals surface area contributed by atoms with Crippen LogP contribution in [-0.2, 0) is 28.8 Å². The topological polar surface area (TPSA) is 187 Å². The molecule has 0 spiro atoms. The van der Waals surface area contributed by atoms with Crippen molar-refractivity contribution in [1.82, 2.24) is 4.90 Å². The molecular weight excluding hydrogens is 366 g/mol. The molecule has 0 heterocycles. The first-order valence-corrected chi connectivity index (χ1v) is 7.73. The van der Waals surface area contributed by atoms with Crippen LogP contribution in [0.5, 0.6) is 0 Å². The number of aliphatic hydroxyl groups is 4. The fourth-order valence-corrected chi connectivity index (χ4v) is 3.03. The van der Waals surface area contributed by atoms with Gasteiger partial charge in [-0.2, -0.15) is 0 Å². The lowest BCUT2D eigenvalue weighted by molar-refractivity contribution is -0.206. The fraction of sp³-hybridized carbons (Fsp3) is 0.625. The summed E-state index contributed by atoms with van der Waals surface area (Å²) in [6, 6.07) is 0. The van der Waals surface area contributed by atoms with E-state index in [0.29, 0.717) is 20.8 Å². The summed E-state index contributed by atoms with van der Waals surface area (Å²) in [6.07, 6.45) is -4.98. The molecule has 152 valence electrons. The van der Waals surface area contributed by atoms with Gasteiger partial charge in [0.2, 0.25) is 23.1 Å². The van der Waals surface area contributed by atoms with Crippen molar-refractivity contribution in [1.29, 1.82) is 0 Å². The number of ketones is 4. The molecule has 0 aromatic heterocycles. The Bertz CT molecular complexity index is 673. The highest BCUT2D eigenvalue weighted by Crippen LogP contribution is 2.37. The number of carbonyl (C=O) groups is 6. The van der Waals surface area contributed by atoms with Crippen LogP contribution in [0.1, 0.15) is 34.6 Å². The van der Waals surface area contributed by atoms with E-state index in [1.54, 1.807) is 0 Å². The molecule has 0 radical (unpaired) electrons. The number of imide groups is 1. The maximum atomic E-state index is 12.7. The van der Waals surface area contributed by atoms with Gasteiger partial charge in [-0.3, -0.25) is 33.7 Å². The van der Waals surface area contributed by atoms with Gasteiger partial charge in [0.1, 0.15) is 12.2 Å². The normalized spacial score (nSPS) is 17.7. The lowest BCUT2D eigenvalue weighted by Gasteiger charge is -2.49. The van der Waals surface area contributed by atoms with Crippen molar-refractivity contribution in [2.45, 2.75) is 58.0 Å². The van der Waals surface area contributed by atoms with Gasteiger partial charge < -0.3 is 20.4 Å². The molecule has 0 fully saturated rings. The predicted octanol–water partition coefficient (Wildman–Crippen LogP) is -3.10. The third-order valence-electron chi connectivity index (χ3n) is 4.19. The fourth-order valence-electron chi connectivity index (χ4n) is 3.03. The Kier molecular flexibility index (Phi) is 7.82. The second-order valence-corrected chi connectivity index (χ2v) is 6.04. The van der Waals surface area contributed by atoms with Crippen molar-refractivity contribution in [3.63, 3.8) is 0 Å². The Morgan fingerprint density at radius 2 is 1.26 bits per heavy atom. The monoisotopic (exact) mass is 389 g/mol. The summed E-state index contributed by atoms with van der Waals surface area (Å²) in [7, 11) is 0. The second-order valence-electron chi connectivity index (χ2n) is 6.04. The molecule has 4 N–H and O–H groups in total. The molecule has 0 aliphatic carbocycles. The second kappa shape index (κ2) is 8.57. The molecule has 0 aliphatic heterocycles. The van der Waals surface area contributed by atoms with Gasteiger partial charge >= 0.3 is 0 Å². The first kappa shape index (κ1) is 24.7. The maximum Gasteiger partial charge on any atom is 0.235 e. The van der Waals surface area contributed by atoms with Crippen molar-refractivity contribution < 1.29 is 49.2 Å². The smallest absolute Gasteiger partial charge is 0.235 e. The van der Waals surface area contributed by atoms with Gasteiger partial charge in [0, 0.05) is 20.8 Å². The lowest BCUT2D eigenvalue weighted by atomic mass is 9.65. The van der Waals surface area contributed by atoms with Crippen molar-refractivity contribution in [2.24, 2.45) is 0 Å². The van der Waals surface area contributed by atoms with E-state index in [4.69, 9.17) is 5.11 Å². The van der Waals surface area contributed by atoms with E-state index in [2.05, 4.69) is 0 Å². The van der Waals surface area contributed by atoms with Crippen LogP contribution < -0.4 is 0 Å². The summed E-state index contributed by atoms with van der Waals surface area (Å²) in [5.41, 5.74) is -7.11. The Balaban J connectivity index is 7.54. The maximum absolute atomic E-state index is 12.7. The molecule has 0 unspecified atom stereocenters. The Hall–Kier alpha value is -2.34. The first-order chi connectivity index (χ1) is 12.1. The van der Waals surface area contributed by atoms with Crippen molar-refractivity contribution in [3.8, 4) is 0 Å². The van der Waals surface area contributed by atoms with E-state index in [9.17, 15) is 44.1 Å². The molecule has 11 heteroatoms. The number of Topliss-reactive ketones (excluding diaryl/α,β-unsaturated/α-hetero) is 4. The molecule has 0 saturated heterocycles. The molecule has 0 rings (SSSR count). The summed E-state index contributed by atoms with van der Waals surface area (Å²) in [5, 5.41) is 40.1. The standard InChI is InChI=1S/C16H23NO10/c1-7(19)13(25)15(8(2)20,17(10(4)22)11(5)23)16(27,9(3)21)14(26)12(24)6-18/h12,14,18,24,26-27H,6H2,1-5H3/t12-,14+,15+,16+/m1/s1. The van der Waals surface area contributed by atoms with E-state index in [-0.39, 0.29) is 4.90 Å². The number of hydrogen-bond donors (Lipinski definition) is 4. The molecule has 0 saturated carbocycles. The minimum Gasteiger partial charge on any atom is -0.394 e. The summed E-state index contributed by atoms with van der Waals surface area (Å²) >= 11 is 0. The van der Waals surface area contributed by atoms with Crippen LogP contribution in [0.15, 0.2) is 0 Å². The highest BCUT2D eigenvalue weighted by Gasteiger charge is 2.71. The lowest BCUT2D eigenvalue weighted by Crippen LogP contribution is -2.81. The molecule has 0 aromatic carbocycles. The molecule has 4 atom stereocenters. The summed E-state index contributed by atoms with van der Waals surface area (Å²) in [5.74, 6) is -8.84. The van der Waals surface area contributed by atoms with Gasteiger partial charge in [-0.05, 0) is 13.8 Å². The highest BCUT2D eigenvalue weighted by atomic mass is 16.4. The van der Waals surface area contributed by atoms with Crippen LogP contribution in [-0.4, -0.2) is 90.2 Å². The molecule has 27 heavy (non-hydrogen) atoms. The number of amides is 2. The third-order valence-corrected chi connectivity index (χ3v) is 4.19. The van der Waals surface area contributed by atoms with Crippen LogP contribution in [0.4, 0.5) is 0 Å². The van der Waals surface area contributed by atoms with Gasteiger partial charge in [-0.15, -0.1) is 0 Å². The molecule has 11 nitrogen and oxygen atoms in total. The molecule has 2 amide bonds. The Morgan fingerprint density at radius 1 is 0.852 bits per heavy atom. The quantitative estimate of drug-likeness (QED) is 0.232. The molecule has 0 aromatic rings. The Labute approximate surface area is 154 Å². The van der Waals surface area contributed by atoms with E-state index in [1.165, 1.54) is 0 Å². The SMILES string of the molecule is CC(=O)C(=O)[C@](C(C)=O)(N(C(C)=O)C(C)=O)[C@](O)(C(C)=O)[C@@H](O)[C@H](O)CO.